The maximum Gasteiger partial charge on any atom is 0.335 e. The number of carboxylic acids is 1. The van der Waals surface area contributed by atoms with E-state index in [0.717, 1.165) is 5.56 Å². The number of aromatic carboxylic acids is 1. The normalized spacial score (nSPS) is 10.4. The van der Waals surface area contributed by atoms with E-state index in [-0.39, 0.29) is 11.5 Å². The third kappa shape index (κ3) is 4.51. The third-order valence-electron chi connectivity index (χ3n) is 2.20. The van der Waals surface area contributed by atoms with Gasteiger partial charge in [-0.3, -0.25) is 4.79 Å². The van der Waals surface area contributed by atoms with Gasteiger partial charge in [0.2, 0.25) is 5.91 Å². The van der Waals surface area contributed by atoms with Crippen molar-refractivity contribution in [2.45, 2.75) is 13.3 Å². The van der Waals surface area contributed by atoms with Crippen molar-refractivity contribution in [2.75, 3.05) is 6.54 Å². The van der Waals surface area contributed by atoms with Crippen LogP contribution in [0.15, 0.2) is 36.4 Å². The second-order valence-corrected chi connectivity index (χ2v) is 3.55. The summed E-state index contributed by atoms with van der Waals surface area (Å²) < 4.78 is 0. The van der Waals surface area contributed by atoms with Crippen molar-refractivity contribution in [3.8, 4) is 0 Å². The molecule has 0 aliphatic heterocycles. The lowest BCUT2D eigenvalue weighted by atomic mass is 10.1. The lowest BCUT2D eigenvalue weighted by molar-refractivity contribution is -0.116. The van der Waals surface area contributed by atoms with E-state index < -0.39 is 5.97 Å². The molecule has 0 atom stereocenters. The number of nitrogens with one attached hydrogen (secondary N) is 1. The SMILES string of the molecule is C/C=C/C(=O)NCCc1cccc(C(=O)O)c1. The minimum atomic E-state index is -0.940. The average Bonchev–Trinajstić information content (AvgIpc) is 2.30. The molecule has 1 aromatic carbocycles. The number of carbonyl (C=O) groups is 2. The minimum absolute atomic E-state index is 0.137. The topological polar surface area (TPSA) is 66.4 Å². The first-order valence-electron chi connectivity index (χ1n) is 5.36. The van der Waals surface area contributed by atoms with Crippen LogP contribution in [0.25, 0.3) is 0 Å². The predicted molar refractivity (Wildman–Crippen MR) is 64.9 cm³/mol. The molecule has 0 bridgehead atoms. The number of hydrogen-bond donors (Lipinski definition) is 2. The summed E-state index contributed by atoms with van der Waals surface area (Å²) in [6.07, 6.45) is 3.73. The van der Waals surface area contributed by atoms with E-state index in [2.05, 4.69) is 5.32 Å². The standard InChI is InChI=1S/C13H15NO3/c1-2-4-12(15)14-8-7-10-5-3-6-11(9-10)13(16)17/h2-6,9H,7-8H2,1H3,(H,14,15)(H,16,17)/b4-2+. The van der Waals surface area contributed by atoms with Crippen LogP contribution < -0.4 is 5.32 Å². The molecule has 0 spiro atoms. The van der Waals surface area contributed by atoms with E-state index in [1.807, 2.05) is 6.07 Å². The van der Waals surface area contributed by atoms with Crippen molar-refractivity contribution in [2.24, 2.45) is 0 Å². The summed E-state index contributed by atoms with van der Waals surface area (Å²) in [7, 11) is 0. The molecule has 90 valence electrons. The maximum absolute atomic E-state index is 11.1. The highest BCUT2D eigenvalue weighted by atomic mass is 16.4. The highest BCUT2D eigenvalue weighted by molar-refractivity contribution is 5.88. The first-order valence-corrected chi connectivity index (χ1v) is 5.36. The number of carbonyl (C=O) groups excluding carboxylic acids is 1. The summed E-state index contributed by atoms with van der Waals surface area (Å²) >= 11 is 0. The van der Waals surface area contributed by atoms with Crippen LogP contribution in [0.4, 0.5) is 0 Å². The van der Waals surface area contributed by atoms with Gasteiger partial charge in [0.1, 0.15) is 0 Å². The summed E-state index contributed by atoms with van der Waals surface area (Å²) in [6, 6.07) is 6.70. The molecular weight excluding hydrogens is 218 g/mol. The smallest absolute Gasteiger partial charge is 0.335 e. The number of amides is 1. The molecule has 0 saturated carbocycles. The van der Waals surface area contributed by atoms with Gasteiger partial charge in [0.05, 0.1) is 5.56 Å². The molecule has 1 rings (SSSR count). The molecule has 0 heterocycles. The third-order valence-corrected chi connectivity index (χ3v) is 2.20. The Morgan fingerprint density at radius 2 is 2.18 bits per heavy atom. The summed E-state index contributed by atoms with van der Waals surface area (Å²) in [5, 5.41) is 11.5. The summed E-state index contributed by atoms with van der Waals surface area (Å²) in [4.78, 5) is 21.9. The van der Waals surface area contributed by atoms with E-state index >= 15 is 0 Å². The van der Waals surface area contributed by atoms with Gasteiger partial charge in [0, 0.05) is 6.54 Å². The molecule has 0 saturated heterocycles. The molecular formula is C13H15NO3. The van der Waals surface area contributed by atoms with Gasteiger partial charge >= 0.3 is 5.97 Å². The monoisotopic (exact) mass is 233 g/mol. The van der Waals surface area contributed by atoms with E-state index in [0.29, 0.717) is 13.0 Å². The van der Waals surface area contributed by atoms with Crippen LogP contribution in [0.5, 0.6) is 0 Å². The Morgan fingerprint density at radius 3 is 2.82 bits per heavy atom. The highest BCUT2D eigenvalue weighted by Gasteiger charge is 2.03. The first-order chi connectivity index (χ1) is 8.13. The molecule has 1 aromatic rings. The first kappa shape index (κ1) is 13.0. The van der Waals surface area contributed by atoms with E-state index in [1.165, 1.54) is 6.08 Å². The van der Waals surface area contributed by atoms with E-state index in [4.69, 9.17) is 5.11 Å². The van der Waals surface area contributed by atoms with Crippen LogP contribution in [0, 0.1) is 0 Å². The van der Waals surface area contributed by atoms with Gasteiger partial charge in [-0.05, 0) is 37.1 Å². The van der Waals surface area contributed by atoms with E-state index in [9.17, 15) is 9.59 Å². The Hall–Kier alpha value is -2.10. The Bertz CT molecular complexity index is 438. The fraction of sp³-hybridized carbons (Fsp3) is 0.231. The second kappa shape index (κ2) is 6.48. The number of allylic oxidation sites excluding steroid dienone is 1. The predicted octanol–water partition coefficient (Wildman–Crippen LogP) is 1.62. The molecule has 4 nitrogen and oxygen atoms in total. The summed E-state index contributed by atoms with van der Waals surface area (Å²) in [5.41, 5.74) is 1.16. The van der Waals surface area contributed by atoms with Gasteiger partial charge in [0.15, 0.2) is 0 Å². The lowest BCUT2D eigenvalue weighted by Gasteiger charge is -2.03. The number of carboxylic acid groups (broad SMARTS) is 1. The molecule has 0 fully saturated rings. The Balaban J connectivity index is 2.49. The largest absolute Gasteiger partial charge is 0.478 e. The summed E-state index contributed by atoms with van der Waals surface area (Å²) in [5.74, 6) is -1.08. The number of hydrogen-bond acceptors (Lipinski definition) is 2. The highest BCUT2D eigenvalue weighted by Crippen LogP contribution is 2.05. The average molecular weight is 233 g/mol. The zero-order chi connectivity index (χ0) is 12.7. The molecule has 17 heavy (non-hydrogen) atoms. The molecule has 0 aliphatic carbocycles. The van der Waals surface area contributed by atoms with Gasteiger partial charge in [-0.2, -0.15) is 0 Å². The van der Waals surface area contributed by atoms with Crippen LogP contribution in [-0.4, -0.2) is 23.5 Å². The van der Waals surface area contributed by atoms with Crippen LogP contribution in [0.3, 0.4) is 0 Å². The maximum atomic E-state index is 11.1. The van der Waals surface area contributed by atoms with Crippen molar-refractivity contribution in [3.63, 3.8) is 0 Å². The Labute approximate surface area is 100.0 Å². The van der Waals surface area contributed by atoms with Crippen molar-refractivity contribution in [1.29, 1.82) is 0 Å². The molecule has 4 heteroatoms. The minimum Gasteiger partial charge on any atom is -0.478 e. The number of rotatable bonds is 5. The van der Waals surface area contributed by atoms with Crippen LogP contribution in [-0.2, 0) is 11.2 Å². The van der Waals surface area contributed by atoms with Crippen LogP contribution >= 0.6 is 0 Å². The Morgan fingerprint density at radius 1 is 1.41 bits per heavy atom. The molecule has 1 amide bonds. The second-order valence-electron chi connectivity index (χ2n) is 3.55. The van der Waals surface area contributed by atoms with Crippen LogP contribution in [0.2, 0.25) is 0 Å². The van der Waals surface area contributed by atoms with Crippen molar-refractivity contribution in [1.82, 2.24) is 5.32 Å². The summed E-state index contributed by atoms with van der Waals surface area (Å²) in [6.45, 7) is 2.27. The molecule has 0 radical (unpaired) electrons. The Kier molecular flexibility index (Phi) is 4.94. The van der Waals surface area contributed by atoms with Crippen molar-refractivity contribution >= 4 is 11.9 Å². The van der Waals surface area contributed by atoms with Crippen LogP contribution in [0.1, 0.15) is 22.8 Å². The molecule has 0 aromatic heterocycles. The zero-order valence-corrected chi connectivity index (χ0v) is 9.64. The van der Waals surface area contributed by atoms with Gasteiger partial charge in [-0.15, -0.1) is 0 Å². The molecule has 0 unspecified atom stereocenters. The van der Waals surface area contributed by atoms with Crippen molar-refractivity contribution < 1.29 is 14.7 Å². The fourth-order valence-corrected chi connectivity index (χ4v) is 1.40. The van der Waals surface area contributed by atoms with E-state index in [1.54, 1.807) is 31.2 Å². The lowest BCUT2D eigenvalue weighted by Crippen LogP contribution is -2.23. The van der Waals surface area contributed by atoms with Gasteiger partial charge < -0.3 is 10.4 Å². The van der Waals surface area contributed by atoms with Gasteiger partial charge in [0.25, 0.3) is 0 Å². The quantitative estimate of drug-likeness (QED) is 0.759. The fourth-order valence-electron chi connectivity index (χ4n) is 1.40. The molecule has 2 N–H and O–H groups in total. The molecule has 0 aliphatic rings. The zero-order valence-electron chi connectivity index (χ0n) is 9.64. The van der Waals surface area contributed by atoms with Gasteiger partial charge in [-0.1, -0.05) is 18.2 Å². The number of benzene rings is 1. The van der Waals surface area contributed by atoms with Gasteiger partial charge in [-0.25, -0.2) is 4.79 Å². The van der Waals surface area contributed by atoms with Crippen molar-refractivity contribution in [3.05, 3.63) is 47.5 Å².